The molecule has 1 heterocycles. The van der Waals surface area contributed by atoms with E-state index in [4.69, 9.17) is 37.5 Å². The molecule has 0 bridgehead atoms. The Morgan fingerprint density at radius 3 is 2.14 bits per heavy atom. The van der Waals surface area contributed by atoms with Gasteiger partial charge in [-0.25, -0.2) is 4.84 Å². The third kappa shape index (κ3) is 4.13. The molecule has 0 N–H and O–H groups in total. The van der Waals surface area contributed by atoms with Crippen LogP contribution in [0.15, 0.2) is 54.6 Å². The van der Waals surface area contributed by atoms with E-state index in [9.17, 15) is 0 Å². The minimum absolute atomic E-state index is 0. The maximum Gasteiger partial charge on any atom is 0.301 e. The van der Waals surface area contributed by atoms with E-state index in [0.717, 1.165) is 16.3 Å². The predicted molar refractivity (Wildman–Crippen MR) is 109 cm³/mol. The van der Waals surface area contributed by atoms with E-state index in [1.54, 1.807) is 26.4 Å². The number of halogens is 3. The Bertz CT molecular complexity index is 1170. The van der Waals surface area contributed by atoms with Crippen molar-refractivity contribution in [2.75, 3.05) is 14.2 Å². The number of aromatic nitrogens is 2. The van der Waals surface area contributed by atoms with Gasteiger partial charge in [0.2, 0.25) is 0 Å². The zero-order valence-electron chi connectivity index (χ0n) is 15.7. The Balaban J connectivity index is 0.00000240. The Morgan fingerprint density at radius 2 is 1.48 bits per heavy atom. The lowest BCUT2D eigenvalue weighted by atomic mass is 10.1. The molecular formula is C21H17Cl3N2O3. The molecule has 4 rings (SSSR count). The van der Waals surface area contributed by atoms with Gasteiger partial charge in [-0.05, 0) is 17.7 Å². The van der Waals surface area contributed by atoms with Gasteiger partial charge in [-0.1, -0.05) is 53.5 Å². The van der Waals surface area contributed by atoms with Crippen LogP contribution in [0.2, 0.25) is 10.0 Å². The number of rotatable bonds is 5. The van der Waals surface area contributed by atoms with Crippen LogP contribution in [0.5, 0.6) is 11.5 Å². The van der Waals surface area contributed by atoms with E-state index in [1.165, 1.54) is 4.85 Å². The van der Waals surface area contributed by atoms with E-state index in [0.29, 0.717) is 39.2 Å². The molecule has 0 spiro atoms. The van der Waals surface area contributed by atoms with Crippen LogP contribution in [-0.4, -0.2) is 19.3 Å². The van der Waals surface area contributed by atoms with Gasteiger partial charge in [0.05, 0.1) is 40.8 Å². The number of methoxy groups -OCH3 is 2. The van der Waals surface area contributed by atoms with Crippen molar-refractivity contribution in [1.82, 2.24) is 5.10 Å². The standard InChI is InChI=1S/C21H17Cl2N2O3.ClH/c1-26-20-10-18-14(8-16(20)22)15-9-17(23)21(27-2)11-19(15)25(24-18)28-12-13-6-4-3-5-7-13;/h3-11H,12H2,1-2H3;1H/q+1;/p-1. The van der Waals surface area contributed by atoms with Crippen LogP contribution in [0.4, 0.5) is 0 Å². The van der Waals surface area contributed by atoms with Gasteiger partial charge in [-0.15, -0.1) is 0 Å². The van der Waals surface area contributed by atoms with E-state index < -0.39 is 0 Å². The van der Waals surface area contributed by atoms with Crippen molar-refractivity contribution in [2.45, 2.75) is 6.61 Å². The molecular weight excluding hydrogens is 435 g/mol. The van der Waals surface area contributed by atoms with Crippen LogP contribution in [0.3, 0.4) is 0 Å². The number of benzene rings is 3. The van der Waals surface area contributed by atoms with Gasteiger partial charge in [0.25, 0.3) is 0 Å². The third-order valence-corrected chi connectivity index (χ3v) is 5.02. The third-order valence-electron chi connectivity index (χ3n) is 4.43. The lowest BCUT2D eigenvalue weighted by molar-refractivity contribution is -0.918. The van der Waals surface area contributed by atoms with E-state index in [-0.39, 0.29) is 12.4 Å². The first-order chi connectivity index (χ1) is 13.6. The summed E-state index contributed by atoms with van der Waals surface area (Å²) in [4.78, 5) is 7.47. The molecule has 8 heteroatoms. The fourth-order valence-corrected chi connectivity index (χ4v) is 3.51. The Hall–Kier alpha value is -2.47. The lowest BCUT2D eigenvalue weighted by Crippen LogP contribution is -3.00. The van der Waals surface area contributed by atoms with Crippen LogP contribution < -0.4 is 31.6 Å². The van der Waals surface area contributed by atoms with Gasteiger partial charge < -0.3 is 21.9 Å². The summed E-state index contributed by atoms with van der Waals surface area (Å²) in [5, 5.41) is 7.29. The molecule has 0 aliphatic heterocycles. The molecule has 150 valence electrons. The van der Waals surface area contributed by atoms with E-state index in [2.05, 4.69) is 5.10 Å². The average Bonchev–Trinajstić information content (AvgIpc) is 2.72. The molecule has 5 nitrogen and oxygen atoms in total. The zero-order chi connectivity index (χ0) is 19.7. The summed E-state index contributed by atoms with van der Waals surface area (Å²) >= 11 is 12.7. The highest BCUT2D eigenvalue weighted by Gasteiger charge is 2.22. The highest BCUT2D eigenvalue weighted by molar-refractivity contribution is 6.34. The highest BCUT2D eigenvalue weighted by Crippen LogP contribution is 2.35. The second-order valence-corrected chi connectivity index (χ2v) is 6.95. The molecule has 0 saturated heterocycles. The normalized spacial score (nSPS) is 10.6. The van der Waals surface area contributed by atoms with Crippen LogP contribution in [0.25, 0.3) is 21.8 Å². The number of hydrogen-bond acceptors (Lipinski definition) is 4. The molecule has 0 saturated carbocycles. The predicted octanol–water partition coefficient (Wildman–Crippen LogP) is 1.63. The maximum absolute atomic E-state index is 6.37. The molecule has 0 atom stereocenters. The number of hydrogen-bond donors (Lipinski definition) is 0. The van der Waals surface area contributed by atoms with Crippen LogP contribution in [-0.2, 0) is 6.61 Å². The molecule has 0 radical (unpaired) electrons. The minimum atomic E-state index is 0. The Labute approximate surface area is 184 Å². The topological polar surface area (TPSA) is 44.5 Å². The second kappa shape index (κ2) is 8.91. The quantitative estimate of drug-likeness (QED) is 0.342. The monoisotopic (exact) mass is 450 g/mol. The molecule has 0 fully saturated rings. The van der Waals surface area contributed by atoms with Crippen molar-refractivity contribution < 1.29 is 31.6 Å². The van der Waals surface area contributed by atoms with E-state index in [1.807, 2.05) is 42.5 Å². The van der Waals surface area contributed by atoms with Gasteiger partial charge in [0, 0.05) is 11.5 Å². The largest absolute Gasteiger partial charge is 1.00 e. The number of ether oxygens (including phenoxy) is 2. The van der Waals surface area contributed by atoms with Crippen LogP contribution in [0.1, 0.15) is 5.56 Å². The van der Waals surface area contributed by atoms with Crippen molar-refractivity contribution in [3.63, 3.8) is 0 Å². The summed E-state index contributed by atoms with van der Waals surface area (Å²) in [6.45, 7) is 0.356. The molecule has 3 aromatic carbocycles. The first-order valence-corrected chi connectivity index (χ1v) is 9.30. The van der Waals surface area contributed by atoms with Crippen molar-refractivity contribution in [3.05, 3.63) is 70.2 Å². The summed E-state index contributed by atoms with van der Waals surface area (Å²) < 4.78 is 10.7. The Kier molecular flexibility index (Phi) is 6.52. The molecule has 29 heavy (non-hydrogen) atoms. The molecule has 0 aliphatic rings. The zero-order valence-corrected chi connectivity index (χ0v) is 17.9. The second-order valence-electron chi connectivity index (χ2n) is 6.14. The molecule has 0 aliphatic carbocycles. The van der Waals surface area contributed by atoms with Gasteiger partial charge >= 0.3 is 5.52 Å². The number of fused-ring (bicyclic) bond motifs is 3. The summed E-state index contributed by atoms with van der Waals surface area (Å²) in [6.07, 6.45) is 0. The molecule has 4 aromatic rings. The fourth-order valence-electron chi connectivity index (χ4n) is 3.03. The SMILES string of the molecule is COc1cc2n[n+](OCc3ccccc3)c3cc(OC)c(Cl)cc3c2cc1Cl.[Cl-]. The lowest BCUT2D eigenvalue weighted by Gasteiger charge is -2.08. The molecule has 0 amide bonds. The van der Waals surface area contributed by atoms with Crippen LogP contribution >= 0.6 is 23.2 Å². The first kappa shape index (κ1) is 21.2. The van der Waals surface area contributed by atoms with Gasteiger partial charge in [0.1, 0.15) is 21.9 Å². The average molecular weight is 452 g/mol. The van der Waals surface area contributed by atoms with Gasteiger partial charge in [-0.2, -0.15) is 0 Å². The summed E-state index contributed by atoms with van der Waals surface area (Å²) in [5.74, 6) is 1.07. The summed E-state index contributed by atoms with van der Waals surface area (Å²) in [7, 11) is 3.13. The van der Waals surface area contributed by atoms with Crippen molar-refractivity contribution in [2.24, 2.45) is 0 Å². The van der Waals surface area contributed by atoms with Crippen molar-refractivity contribution in [1.29, 1.82) is 0 Å². The summed E-state index contributed by atoms with van der Waals surface area (Å²) in [6, 6.07) is 17.1. The first-order valence-electron chi connectivity index (χ1n) is 8.54. The van der Waals surface area contributed by atoms with Crippen LogP contribution in [0, 0.1) is 0 Å². The van der Waals surface area contributed by atoms with Gasteiger partial charge in [-0.3, -0.25) is 0 Å². The minimum Gasteiger partial charge on any atom is -1.00 e. The Morgan fingerprint density at radius 1 is 0.862 bits per heavy atom. The van der Waals surface area contributed by atoms with Crippen molar-refractivity contribution >= 4 is 45.0 Å². The van der Waals surface area contributed by atoms with E-state index >= 15 is 0 Å². The fraction of sp³-hybridized carbons (Fsp3) is 0.143. The molecule has 0 unspecified atom stereocenters. The number of nitrogens with zero attached hydrogens (tertiary/aromatic N) is 2. The summed E-state index contributed by atoms with van der Waals surface area (Å²) in [5.41, 5.74) is 2.41. The highest BCUT2D eigenvalue weighted by atomic mass is 35.5. The van der Waals surface area contributed by atoms with Crippen molar-refractivity contribution in [3.8, 4) is 11.5 Å². The molecule has 1 aromatic heterocycles. The maximum atomic E-state index is 6.37. The van der Waals surface area contributed by atoms with Gasteiger partial charge in [0.15, 0.2) is 6.61 Å². The smallest absolute Gasteiger partial charge is 0.301 e.